The molecule has 128 valence electrons. The molecule has 1 heterocycles. The summed E-state index contributed by atoms with van der Waals surface area (Å²) in [6.45, 7) is 4.47. The minimum Gasteiger partial charge on any atom is -0.393 e. The first-order chi connectivity index (χ1) is 11.6. The topological polar surface area (TPSA) is 43.7 Å². The van der Waals surface area contributed by atoms with Crippen LogP contribution in [0.5, 0.6) is 0 Å². The van der Waals surface area contributed by atoms with Crippen LogP contribution < -0.4 is 0 Å². The van der Waals surface area contributed by atoms with Crippen molar-refractivity contribution in [3.05, 3.63) is 60.2 Å². The first-order valence-electron chi connectivity index (χ1n) is 8.85. The number of hydrogen-bond acceptors (Lipinski definition) is 3. The Morgan fingerprint density at radius 2 is 1.79 bits per heavy atom. The van der Waals surface area contributed by atoms with Crippen LogP contribution in [0.3, 0.4) is 0 Å². The highest BCUT2D eigenvalue weighted by atomic mass is 16.3. The number of hydrogen-bond donors (Lipinski definition) is 2. The zero-order valence-electron chi connectivity index (χ0n) is 14.3. The summed E-state index contributed by atoms with van der Waals surface area (Å²) in [5, 5.41) is 20.4. The second kappa shape index (κ2) is 7.93. The van der Waals surface area contributed by atoms with Gasteiger partial charge in [0.25, 0.3) is 0 Å². The van der Waals surface area contributed by atoms with Crippen molar-refractivity contribution in [1.29, 1.82) is 0 Å². The van der Waals surface area contributed by atoms with E-state index in [4.69, 9.17) is 0 Å². The van der Waals surface area contributed by atoms with Crippen LogP contribution >= 0.6 is 0 Å². The molecule has 2 aromatic rings. The molecule has 0 bridgehead atoms. The fourth-order valence-corrected chi connectivity index (χ4v) is 3.60. The summed E-state index contributed by atoms with van der Waals surface area (Å²) in [4.78, 5) is 2.27. The molecule has 1 aliphatic heterocycles. The average Bonchev–Trinajstić information content (AvgIpc) is 2.59. The van der Waals surface area contributed by atoms with Gasteiger partial charge in [-0.25, -0.2) is 0 Å². The van der Waals surface area contributed by atoms with Crippen molar-refractivity contribution in [2.75, 3.05) is 19.6 Å². The molecular formula is C21H27NO2. The van der Waals surface area contributed by atoms with E-state index in [9.17, 15) is 10.2 Å². The predicted molar refractivity (Wildman–Crippen MR) is 97.8 cm³/mol. The van der Waals surface area contributed by atoms with E-state index in [2.05, 4.69) is 36.1 Å². The lowest BCUT2D eigenvalue weighted by atomic mass is 9.94. The molecule has 2 N–H and O–H groups in total. The summed E-state index contributed by atoms with van der Waals surface area (Å²) < 4.78 is 0. The summed E-state index contributed by atoms with van der Waals surface area (Å²) in [5.74, 6) is 0.280. The molecule has 3 nitrogen and oxygen atoms in total. The summed E-state index contributed by atoms with van der Waals surface area (Å²) in [7, 11) is 0. The average molecular weight is 325 g/mol. The van der Waals surface area contributed by atoms with E-state index >= 15 is 0 Å². The van der Waals surface area contributed by atoms with E-state index in [1.165, 1.54) is 16.7 Å². The van der Waals surface area contributed by atoms with Gasteiger partial charge < -0.3 is 15.1 Å². The van der Waals surface area contributed by atoms with Gasteiger partial charge in [0.05, 0.1) is 12.2 Å². The minimum atomic E-state index is -0.391. The highest BCUT2D eigenvalue weighted by Crippen LogP contribution is 2.25. The number of β-amino-alcohol motifs (C(OH)–C–C–N with tert-alkyl or cyclic N) is 1. The van der Waals surface area contributed by atoms with Gasteiger partial charge in [0.15, 0.2) is 0 Å². The number of benzene rings is 2. The number of rotatable bonds is 5. The van der Waals surface area contributed by atoms with Crippen LogP contribution in [0.15, 0.2) is 54.6 Å². The molecule has 1 aliphatic rings. The van der Waals surface area contributed by atoms with Crippen LogP contribution in [0.2, 0.25) is 0 Å². The van der Waals surface area contributed by atoms with E-state index in [1.54, 1.807) is 0 Å². The fourth-order valence-electron chi connectivity index (χ4n) is 3.60. The molecule has 1 fully saturated rings. The van der Waals surface area contributed by atoms with E-state index in [-0.39, 0.29) is 12.0 Å². The molecule has 0 saturated carbocycles. The zero-order chi connectivity index (χ0) is 16.9. The second-order valence-electron chi connectivity index (χ2n) is 6.97. The molecule has 0 radical (unpaired) electrons. The first-order valence-corrected chi connectivity index (χ1v) is 8.85. The largest absolute Gasteiger partial charge is 0.393 e. The summed E-state index contributed by atoms with van der Waals surface area (Å²) in [5.41, 5.74) is 3.57. The number of piperidine rings is 1. The Bertz CT molecular complexity index is 643. The number of likely N-dealkylation sites (tertiary alicyclic amines) is 1. The van der Waals surface area contributed by atoms with Gasteiger partial charge in [-0.05, 0) is 29.0 Å². The van der Waals surface area contributed by atoms with E-state index < -0.39 is 6.10 Å². The van der Waals surface area contributed by atoms with Crippen LogP contribution in [0.4, 0.5) is 0 Å². The Hall–Kier alpha value is -1.68. The van der Waals surface area contributed by atoms with Crippen LogP contribution in [0, 0.1) is 5.92 Å². The quantitative estimate of drug-likeness (QED) is 0.888. The SMILES string of the molecule is CC1CN(CC(O)Cc2ccccc2-c2ccccc2)CCC1O. The third-order valence-corrected chi connectivity index (χ3v) is 4.97. The normalized spacial score (nSPS) is 23.1. The van der Waals surface area contributed by atoms with Crippen LogP contribution in [-0.2, 0) is 6.42 Å². The van der Waals surface area contributed by atoms with Crippen LogP contribution in [-0.4, -0.2) is 47.0 Å². The van der Waals surface area contributed by atoms with Gasteiger partial charge >= 0.3 is 0 Å². The van der Waals surface area contributed by atoms with Gasteiger partial charge in [-0.2, -0.15) is 0 Å². The molecule has 24 heavy (non-hydrogen) atoms. The van der Waals surface area contributed by atoms with Crippen LogP contribution in [0.25, 0.3) is 11.1 Å². The van der Waals surface area contributed by atoms with Gasteiger partial charge in [0.1, 0.15) is 0 Å². The zero-order valence-corrected chi connectivity index (χ0v) is 14.3. The molecular weight excluding hydrogens is 298 g/mol. The predicted octanol–water partition coefficient (Wildman–Crippen LogP) is 2.96. The van der Waals surface area contributed by atoms with Gasteiger partial charge in [0, 0.05) is 26.1 Å². The van der Waals surface area contributed by atoms with Crippen molar-refractivity contribution in [2.45, 2.75) is 32.0 Å². The Balaban J connectivity index is 1.66. The molecule has 0 amide bonds. The maximum atomic E-state index is 10.6. The van der Waals surface area contributed by atoms with Crippen LogP contribution in [0.1, 0.15) is 18.9 Å². The van der Waals surface area contributed by atoms with Crippen molar-refractivity contribution in [3.8, 4) is 11.1 Å². The van der Waals surface area contributed by atoms with Crippen molar-refractivity contribution in [3.63, 3.8) is 0 Å². The Morgan fingerprint density at radius 3 is 2.54 bits per heavy atom. The maximum absolute atomic E-state index is 10.6. The molecule has 0 aliphatic carbocycles. The maximum Gasteiger partial charge on any atom is 0.0707 e. The standard InChI is InChI=1S/C21H27NO2/c1-16-14-22(12-11-21(16)24)15-19(23)13-18-9-5-6-10-20(18)17-7-3-2-4-8-17/h2-10,16,19,21,23-24H,11-15H2,1H3. The fraction of sp³-hybridized carbons (Fsp3) is 0.429. The van der Waals surface area contributed by atoms with E-state index in [0.717, 1.165) is 19.5 Å². The molecule has 3 unspecified atom stereocenters. The van der Waals surface area contributed by atoms with Gasteiger partial charge in [-0.3, -0.25) is 0 Å². The molecule has 0 spiro atoms. The van der Waals surface area contributed by atoms with Crippen molar-refractivity contribution < 1.29 is 10.2 Å². The molecule has 1 saturated heterocycles. The summed E-state index contributed by atoms with van der Waals surface area (Å²) in [6.07, 6.45) is 0.863. The van der Waals surface area contributed by atoms with Crippen molar-refractivity contribution in [2.24, 2.45) is 5.92 Å². The van der Waals surface area contributed by atoms with E-state index in [1.807, 2.05) is 30.3 Å². The molecule has 0 aromatic heterocycles. The molecule has 2 aromatic carbocycles. The monoisotopic (exact) mass is 325 g/mol. The molecule has 3 rings (SSSR count). The van der Waals surface area contributed by atoms with E-state index in [0.29, 0.717) is 13.0 Å². The lowest BCUT2D eigenvalue weighted by Crippen LogP contribution is -2.45. The third kappa shape index (κ3) is 4.23. The second-order valence-corrected chi connectivity index (χ2v) is 6.97. The van der Waals surface area contributed by atoms with Crippen molar-refractivity contribution in [1.82, 2.24) is 4.90 Å². The highest BCUT2D eigenvalue weighted by molar-refractivity contribution is 5.67. The van der Waals surface area contributed by atoms with Gasteiger partial charge in [0.2, 0.25) is 0 Å². The lowest BCUT2D eigenvalue weighted by Gasteiger charge is -2.35. The Kier molecular flexibility index (Phi) is 5.67. The minimum absolute atomic E-state index is 0.197. The smallest absolute Gasteiger partial charge is 0.0707 e. The Labute approximate surface area is 144 Å². The third-order valence-electron chi connectivity index (χ3n) is 4.97. The molecule has 3 heteroatoms. The number of aliphatic hydroxyl groups excluding tert-OH is 2. The first kappa shape index (κ1) is 17.2. The van der Waals surface area contributed by atoms with Gasteiger partial charge in [-0.1, -0.05) is 61.5 Å². The van der Waals surface area contributed by atoms with Crippen molar-refractivity contribution >= 4 is 0 Å². The number of nitrogens with zero attached hydrogens (tertiary/aromatic N) is 1. The molecule has 3 atom stereocenters. The summed E-state index contributed by atoms with van der Waals surface area (Å²) >= 11 is 0. The lowest BCUT2D eigenvalue weighted by molar-refractivity contribution is 0.0152. The Morgan fingerprint density at radius 1 is 1.08 bits per heavy atom. The van der Waals surface area contributed by atoms with Gasteiger partial charge in [-0.15, -0.1) is 0 Å². The number of aliphatic hydroxyl groups is 2. The highest BCUT2D eigenvalue weighted by Gasteiger charge is 2.25. The summed E-state index contributed by atoms with van der Waals surface area (Å²) in [6, 6.07) is 18.6.